The molecule has 0 amide bonds. The van der Waals surface area contributed by atoms with Gasteiger partial charge in [0.05, 0.1) is 12.7 Å². The van der Waals surface area contributed by atoms with Crippen LogP contribution in [0.2, 0.25) is 0 Å². The van der Waals surface area contributed by atoms with E-state index in [0.717, 1.165) is 43.9 Å². The van der Waals surface area contributed by atoms with Crippen molar-refractivity contribution in [3.8, 4) is 11.5 Å². The fourth-order valence-corrected chi connectivity index (χ4v) is 1.97. The Morgan fingerprint density at radius 3 is 2.63 bits per heavy atom. The molecule has 1 atom stereocenters. The summed E-state index contributed by atoms with van der Waals surface area (Å²) in [5.41, 5.74) is 1.18. The van der Waals surface area contributed by atoms with Gasteiger partial charge in [-0.3, -0.25) is 0 Å². The van der Waals surface area contributed by atoms with E-state index in [1.54, 1.807) is 0 Å². The van der Waals surface area contributed by atoms with E-state index >= 15 is 0 Å². The van der Waals surface area contributed by atoms with Crippen LogP contribution in [0.15, 0.2) is 18.2 Å². The van der Waals surface area contributed by atoms with E-state index in [1.165, 1.54) is 5.56 Å². The van der Waals surface area contributed by atoms with E-state index in [0.29, 0.717) is 0 Å². The molecule has 0 aromatic heterocycles. The zero-order valence-corrected chi connectivity index (χ0v) is 12.7. The Labute approximate surface area is 117 Å². The van der Waals surface area contributed by atoms with Gasteiger partial charge in [0.15, 0.2) is 0 Å². The number of hydrogen-bond donors (Lipinski definition) is 1. The third kappa shape index (κ3) is 5.52. The van der Waals surface area contributed by atoms with E-state index in [4.69, 9.17) is 9.47 Å². The van der Waals surface area contributed by atoms with Crippen molar-refractivity contribution in [2.24, 2.45) is 0 Å². The molecule has 0 saturated carbocycles. The van der Waals surface area contributed by atoms with E-state index < -0.39 is 0 Å². The first kappa shape index (κ1) is 15.8. The molecule has 0 aliphatic heterocycles. The summed E-state index contributed by atoms with van der Waals surface area (Å²) in [5, 5.41) is 3.17. The van der Waals surface area contributed by atoms with Crippen LogP contribution in [0.1, 0.15) is 45.6 Å². The van der Waals surface area contributed by atoms with Crippen molar-refractivity contribution < 1.29 is 9.47 Å². The third-order valence-electron chi connectivity index (χ3n) is 2.90. The third-order valence-corrected chi connectivity index (χ3v) is 2.90. The van der Waals surface area contributed by atoms with E-state index in [2.05, 4.69) is 32.2 Å². The monoisotopic (exact) mass is 265 g/mol. The molecule has 1 aromatic carbocycles. The Bertz CT molecular complexity index is 366. The first-order chi connectivity index (χ1) is 9.21. The summed E-state index contributed by atoms with van der Waals surface area (Å²) in [6.45, 7) is 7.95. The van der Waals surface area contributed by atoms with Crippen molar-refractivity contribution in [2.45, 2.75) is 52.7 Å². The van der Waals surface area contributed by atoms with Crippen LogP contribution in [0.25, 0.3) is 0 Å². The van der Waals surface area contributed by atoms with Gasteiger partial charge in [-0.1, -0.05) is 26.3 Å². The van der Waals surface area contributed by atoms with Crippen molar-refractivity contribution >= 4 is 0 Å². The van der Waals surface area contributed by atoms with Gasteiger partial charge in [-0.2, -0.15) is 0 Å². The summed E-state index contributed by atoms with van der Waals surface area (Å²) < 4.78 is 11.7. The van der Waals surface area contributed by atoms with Gasteiger partial charge in [-0.15, -0.1) is 0 Å². The summed E-state index contributed by atoms with van der Waals surface area (Å²) in [4.78, 5) is 0. The lowest BCUT2D eigenvalue weighted by molar-refractivity contribution is 0.206. The van der Waals surface area contributed by atoms with Crippen molar-refractivity contribution in [1.82, 2.24) is 5.32 Å². The highest BCUT2D eigenvalue weighted by molar-refractivity contribution is 5.41. The summed E-state index contributed by atoms with van der Waals surface area (Å²) in [5.74, 6) is 1.82. The average Bonchev–Trinajstić information content (AvgIpc) is 2.39. The fourth-order valence-electron chi connectivity index (χ4n) is 1.97. The number of benzene rings is 1. The lowest BCUT2D eigenvalue weighted by Crippen LogP contribution is -2.14. The van der Waals surface area contributed by atoms with Crippen LogP contribution in [0.3, 0.4) is 0 Å². The van der Waals surface area contributed by atoms with Crippen LogP contribution in [-0.2, 0) is 6.54 Å². The quantitative estimate of drug-likeness (QED) is 0.737. The molecular weight excluding hydrogens is 238 g/mol. The predicted octanol–water partition coefficient (Wildman–Crippen LogP) is 3.76. The van der Waals surface area contributed by atoms with Gasteiger partial charge in [0.25, 0.3) is 0 Å². The second kappa shape index (κ2) is 8.81. The smallest absolute Gasteiger partial charge is 0.127 e. The SMILES string of the molecule is CCCOc1ccc(CNC)c(OC(C)CCC)c1. The predicted molar refractivity (Wildman–Crippen MR) is 80.0 cm³/mol. The Morgan fingerprint density at radius 2 is 2.00 bits per heavy atom. The molecular formula is C16H27NO2. The van der Waals surface area contributed by atoms with Crippen LogP contribution in [0.5, 0.6) is 11.5 Å². The maximum absolute atomic E-state index is 6.04. The molecule has 0 aliphatic carbocycles. The number of nitrogens with one attached hydrogen (secondary N) is 1. The van der Waals surface area contributed by atoms with Gasteiger partial charge in [0.2, 0.25) is 0 Å². The molecule has 0 bridgehead atoms. The molecule has 1 rings (SSSR count). The van der Waals surface area contributed by atoms with Crippen LogP contribution in [-0.4, -0.2) is 19.8 Å². The van der Waals surface area contributed by atoms with Crippen molar-refractivity contribution in [1.29, 1.82) is 0 Å². The minimum Gasteiger partial charge on any atom is -0.493 e. The topological polar surface area (TPSA) is 30.5 Å². The Balaban J connectivity index is 2.81. The molecule has 3 nitrogen and oxygen atoms in total. The zero-order valence-electron chi connectivity index (χ0n) is 12.7. The van der Waals surface area contributed by atoms with Gasteiger partial charge in [0, 0.05) is 18.2 Å². The van der Waals surface area contributed by atoms with E-state index in [9.17, 15) is 0 Å². The average molecular weight is 265 g/mol. The summed E-state index contributed by atoms with van der Waals surface area (Å²) in [7, 11) is 1.95. The van der Waals surface area contributed by atoms with E-state index in [-0.39, 0.29) is 6.10 Å². The van der Waals surface area contributed by atoms with Gasteiger partial charge < -0.3 is 14.8 Å². The highest BCUT2D eigenvalue weighted by Crippen LogP contribution is 2.26. The first-order valence-corrected chi connectivity index (χ1v) is 7.28. The van der Waals surface area contributed by atoms with Crippen LogP contribution < -0.4 is 14.8 Å². The summed E-state index contributed by atoms with van der Waals surface area (Å²) in [6.07, 6.45) is 3.45. The molecule has 0 heterocycles. The largest absolute Gasteiger partial charge is 0.493 e. The molecule has 0 aliphatic rings. The Kier molecular flexibility index (Phi) is 7.34. The first-order valence-electron chi connectivity index (χ1n) is 7.28. The van der Waals surface area contributed by atoms with Crippen LogP contribution in [0.4, 0.5) is 0 Å². The number of ether oxygens (including phenoxy) is 2. The molecule has 0 spiro atoms. The molecule has 19 heavy (non-hydrogen) atoms. The molecule has 1 aromatic rings. The Morgan fingerprint density at radius 1 is 1.21 bits per heavy atom. The number of rotatable bonds is 9. The van der Waals surface area contributed by atoms with Gasteiger partial charge in [-0.25, -0.2) is 0 Å². The number of hydrogen-bond acceptors (Lipinski definition) is 3. The maximum atomic E-state index is 6.04. The maximum Gasteiger partial charge on any atom is 0.127 e. The molecule has 0 saturated heterocycles. The minimum absolute atomic E-state index is 0.238. The standard InChI is InChI=1S/C16H27NO2/c1-5-7-13(3)19-16-11-15(18-10-6-2)9-8-14(16)12-17-4/h8-9,11,13,17H,5-7,10,12H2,1-4H3. The highest BCUT2D eigenvalue weighted by Gasteiger charge is 2.09. The molecule has 1 N–H and O–H groups in total. The molecule has 3 heteroatoms. The van der Waals surface area contributed by atoms with Crippen molar-refractivity contribution in [3.63, 3.8) is 0 Å². The summed E-state index contributed by atoms with van der Waals surface area (Å²) >= 11 is 0. The molecule has 108 valence electrons. The van der Waals surface area contributed by atoms with Crippen molar-refractivity contribution in [3.05, 3.63) is 23.8 Å². The van der Waals surface area contributed by atoms with E-state index in [1.807, 2.05) is 19.2 Å². The highest BCUT2D eigenvalue weighted by atomic mass is 16.5. The van der Waals surface area contributed by atoms with Crippen LogP contribution >= 0.6 is 0 Å². The second-order valence-electron chi connectivity index (χ2n) is 4.87. The zero-order chi connectivity index (χ0) is 14.1. The fraction of sp³-hybridized carbons (Fsp3) is 0.625. The molecule has 0 radical (unpaired) electrons. The second-order valence-corrected chi connectivity index (χ2v) is 4.87. The lowest BCUT2D eigenvalue weighted by Gasteiger charge is -2.18. The normalized spacial score (nSPS) is 12.2. The summed E-state index contributed by atoms with van der Waals surface area (Å²) in [6, 6.07) is 6.10. The van der Waals surface area contributed by atoms with Gasteiger partial charge in [-0.05, 0) is 32.9 Å². The molecule has 0 fully saturated rings. The van der Waals surface area contributed by atoms with Gasteiger partial charge >= 0.3 is 0 Å². The van der Waals surface area contributed by atoms with Gasteiger partial charge in [0.1, 0.15) is 11.5 Å². The van der Waals surface area contributed by atoms with Crippen molar-refractivity contribution in [2.75, 3.05) is 13.7 Å². The van der Waals surface area contributed by atoms with Crippen LogP contribution in [0, 0.1) is 0 Å². The Hall–Kier alpha value is -1.22. The molecule has 1 unspecified atom stereocenters. The lowest BCUT2D eigenvalue weighted by atomic mass is 10.1. The minimum atomic E-state index is 0.238.